The maximum atomic E-state index is 12.9. The van der Waals surface area contributed by atoms with Crippen molar-refractivity contribution in [1.29, 1.82) is 0 Å². The normalized spacial score (nSPS) is 17.4. The molecule has 2 aliphatic heterocycles. The summed E-state index contributed by atoms with van der Waals surface area (Å²) >= 11 is 0. The summed E-state index contributed by atoms with van der Waals surface area (Å²) in [5.41, 5.74) is 3.56. The van der Waals surface area contributed by atoms with Crippen LogP contribution in [-0.4, -0.2) is 45.4 Å². The topological polar surface area (TPSA) is 62.2 Å². The van der Waals surface area contributed by atoms with Gasteiger partial charge in [0.15, 0.2) is 0 Å². The molecule has 6 nitrogen and oxygen atoms in total. The Bertz CT molecular complexity index is 1020. The Hall–Kier alpha value is -3.02. The maximum absolute atomic E-state index is 12.9. The fourth-order valence-corrected chi connectivity index (χ4v) is 4.58. The van der Waals surface area contributed by atoms with Crippen molar-refractivity contribution in [2.45, 2.75) is 32.2 Å². The molecule has 5 rings (SSSR count). The monoisotopic (exact) mass is 387 g/mol. The molecule has 1 aromatic carbocycles. The molecular weight excluding hydrogens is 362 g/mol. The quantitative estimate of drug-likeness (QED) is 0.691. The number of carbonyl (C=O) groups is 1. The number of aromatic nitrogens is 3. The van der Waals surface area contributed by atoms with Crippen molar-refractivity contribution in [3.63, 3.8) is 0 Å². The SMILES string of the molecule is O=C(CC1CCN(c2ncnc3cnccc23)CC1)N1CCc2ccccc2C1. The van der Waals surface area contributed by atoms with Crippen LogP contribution in [-0.2, 0) is 17.8 Å². The van der Waals surface area contributed by atoms with Gasteiger partial charge < -0.3 is 9.80 Å². The Balaban J connectivity index is 1.20. The van der Waals surface area contributed by atoms with Gasteiger partial charge in [-0.25, -0.2) is 9.97 Å². The maximum Gasteiger partial charge on any atom is 0.223 e. The van der Waals surface area contributed by atoms with Gasteiger partial charge in [-0.3, -0.25) is 9.78 Å². The predicted octanol–water partition coefficient (Wildman–Crippen LogP) is 3.22. The minimum atomic E-state index is 0.302. The van der Waals surface area contributed by atoms with Crippen molar-refractivity contribution in [2.75, 3.05) is 24.5 Å². The summed E-state index contributed by atoms with van der Waals surface area (Å²) in [6.07, 6.45) is 8.85. The first-order valence-electron chi connectivity index (χ1n) is 10.4. The van der Waals surface area contributed by atoms with E-state index in [-0.39, 0.29) is 0 Å². The summed E-state index contributed by atoms with van der Waals surface area (Å²) in [6, 6.07) is 10.5. The van der Waals surface area contributed by atoms with E-state index in [1.807, 2.05) is 11.0 Å². The minimum absolute atomic E-state index is 0.302. The van der Waals surface area contributed by atoms with Crippen molar-refractivity contribution >= 4 is 22.6 Å². The fraction of sp³-hybridized carbons (Fsp3) is 0.391. The molecule has 148 valence electrons. The molecule has 0 spiro atoms. The van der Waals surface area contributed by atoms with Crippen molar-refractivity contribution in [3.8, 4) is 0 Å². The van der Waals surface area contributed by atoms with Crippen molar-refractivity contribution < 1.29 is 4.79 Å². The van der Waals surface area contributed by atoms with E-state index >= 15 is 0 Å². The molecule has 29 heavy (non-hydrogen) atoms. The lowest BCUT2D eigenvalue weighted by molar-refractivity contribution is -0.133. The number of hydrogen-bond acceptors (Lipinski definition) is 5. The van der Waals surface area contributed by atoms with Crippen LogP contribution in [0.2, 0.25) is 0 Å². The number of amides is 1. The van der Waals surface area contributed by atoms with E-state index < -0.39 is 0 Å². The number of piperidine rings is 1. The first-order valence-corrected chi connectivity index (χ1v) is 10.4. The smallest absolute Gasteiger partial charge is 0.223 e. The second-order valence-corrected chi connectivity index (χ2v) is 8.06. The third-order valence-corrected chi connectivity index (χ3v) is 6.28. The minimum Gasteiger partial charge on any atom is -0.356 e. The van der Waals surface area contributed by atoms with Crippen LogP contribution < -0.4 is 4.90 Å². The zero-order valence-corrected chi connectivity index (χ0v) is 16.5. The fourth-order valence-electron chi connectivity index (χ4n) is 4.58. The van der Waals surface area contributed by atoms with Crippen molar-refractivity contribution in [2.24, 2.45) is 5.92 Å². The van der Waals surface area contributed by atoms with Gasteiger partial charge in [0, 0.05) is 44.2 Å². The molecule has 1 saturated heterocycles. The Morgan fingerprint density at radius 1 is 1.03 bits per heavy atom. The van der Waals surface area contributed by atoms with Gasteiger partial charge in [-0.2, -0.15) is 0 Å². The molecule has 0 radical (unpaired) electrons. The van der Waals surface area contributed by atoms with Crippen LogP contribution in [0.4, 0.5) is 5.82 Å². The summed E-state index contributed by atoms with van der Waals surface area (Å²) in [5, 5.41) is 1.05. The third kappa shape index (κ3) is 3.67. The molecule has 0 N–H and O–H groups in total. The van der Waals surface area contributed by atoms with Gasteiger partial charge in [0.1, 0.15) is 12.1 Å². The first kappa shape index (κ1) is 18.0. The van der Waals surface area contributed by atoms with Crippen molar-refractivity contribution in [3.05, 3.63) is 60.2 Å². The number of benzene rings is 1. The number of anilines is 1. The van der Waals surface area contributed by atoms with Gasteiger partial charge in [-0.05, 0) is 42.4 Å². The lowest BCUT2D eigenvalue weighted by Gasteiger charge is -2.35. The number of pyridine rings is 1. The summed E-state index contributed by atoms with van der Waals surface area (Å²) in [5.74, 6) is 1.73. The Labute approximate surface area is 170 Å². The van der Waals surface area contributed by atoms with E-state index in [1.54, 1.807) is 18.7 Å². The molecule has 0 saturated carbocycles. The van der Waals surface area contributed by atoms with Gasteiger partial charge in [-0.15, -0.1) is 0 Å². The van der Waals surface area contributed by atoms with Gasteiger partial charge in [0.05, 0.1) is 11.7 Å². The highest BCUT2D eigenvalue weighted by atomic mass is 16.2. The number of nitrogens with zero attached hydrogens (tertiary/aromatic N) is 5. The molecule has 0 unspecified atom stereocenters. The van der Waals surface area contributed by atoms with Gasteiger partial charge in [0.25, 0.3) is 0 Å². The van der Waals surface area contributed by atoms with E-state index in [0.29, 0.717) is 18.2 Å². The summed E-state index contributed by atoms with van der Waals surface area (Å²) < 4.78 is 0. The molecule has 3 aromatic rings. The van der Waals surface area contributed by atoms with Gasteiger partial charge in [0.2, 0.25) is 5.91 Å². The van der Waals surface area contributed by atoms with Crippen LogP contribution in [0.1, 0.15) is 30.4 Å². The first-order chi connectivity index (χ1) is 14.3. The molecule has 0 bridgehead atoms. The van der Waals surface area contributed by atoms with Crippen LogP contribution in [0.3, 0.4) is 0 Å². The van der Waals surface area contributed by atoms with Crippen LogP contribution in [0, 0.1) is 5.92 Å². The molecular formula is C23H25N5O. The highest BCUT2D eigenvalue weighted by molar-refractivity contribution is 5.88. The standard InChI is InChI=1S/C23H25N5O/c29-22(28-12-8-18-3-1-2-4-19(18)15-28)13-17-6-10-27(11-7-17)23-20-5-9-24-14-21(20)25-16-26-23/h1-5,9,14,16-17H,6-8,10-13,15H2. The van der Waals surface area contributed by atoms with E-state index in [1.165, 1.54) is 11.1 Å². The lowest BCUT2D eigenvalue weighted by atomic mass is 9.92. The summed E-state index contributed by atoms with van der Waals surface area (Å²) in [6.45, 7) is 3.45. The van der Waals surface area contributed by atoms with E-state index in [9.17, 15) is 4.79 Å². The summed E-state index contributed by atoms with van der Waals surface area (Å²) in [4.78, 5) is 30.2. The number of carbonyl (C=O) groups excluding carboxylic acids is 1. The predicted molar refractivity (Wildman–Crippen MR) is 112 cm³/mol. The van der Waals surface area contributed by atoms with Crippen LogP contribution >= 0.6 is 0 Å². The third-order valence-electron chi connectivity index (χ3n) is 6.28. The number of hydrogen-bond donors (Lipinski definition) is 0. The molecule has 0 atom stereocenters. The largest absolute Gasteiger partial charge is 0.356 e. The zero-order chi connectivity index (χ0) is 19.6. The molecule has 6 heteroatoms. The highest BCUT2D eigenvalue weighted by Crippen LogP contribution is 2.29. The van der Waals surface area contributed by atoms with Crippen LogP contribution in [0.25, 0.3) is 10.9 Å². The Kier molecular flexibility index (Phi) is 4.84. The van der Waals surface area contributed by atoms with Crippen molar-refractivity contribution in [1.82, 2.24) is 19.9 Å². The molecule has 1 fully saturated rings. The van der Waals surface area contributed by atoms with E-state index in [4.69, 9.17) is 0 Å². The zero-order valence-electron chi connectivity index (χ0n) is 16.5. The van der Waals surface area contributed by atoms with E-state index in [2.05, 4.69) is 44.1 Å². The Morgan fingerprint density at radius 2 is 1.86 bits per heavy atom. The summed E-state index contributed by atoms with van der Waals surface area (Å²) in [7, 11) is 0. The molecule has 2 aromatic heterocycles. The molecule has 0 aliphatic carbocycles. The van der Waals surface area contributed by atoms with Crippen LogP contribution in [0.15, 0.2) is 49.1 Å². The molecule has 2 aliphatic rings. The lowest BCUT2D eigenvalue weighted by Crippen LogP contribution is -2.39. The van der Waals surface area contributed by atoms with Gasteiger partial charge >= 0.3 is 0 Å². The average molecular weight is 387 g/mol. The number of rotatable bonds is 3. The molecule has 1 amide bonds. The Morgan fingerprint density at radius 3 is 2.72 bits per heavy atom. The van der Waals surface area contributed by atoms with Crippen LogP contribution in [0.5, 0.6) is 0 Å². The average Bonchev–Trinajstić information content (AvgIpc) is 2.79. The second-order valence-electron chi connectivity index (χ2n) is 8.06. The van der Waals surface area contributed by atoms with E-state index in [0.717, 1.165) is 62.2 Å². The molecule has 4 heterocycles. The number of fused-ring (bicyclic) bond motifs is 2. The van der Waals surface area contributed by atoms with Gasteiger partial charge in [-0.1, -0.05) is 24.3 Å². The second kappa shape index (κ2) is 7.78. The highest BCUT2D eigenvalue weighted by Gasteiger charge is 2.27.